The normalized spacial score (nSPS) is 11.6. The predicted molar refractivity (Wildman–Crippen MR) is 96.3 cm³/mol. The molecular weight excluding hydrogens is 358 g/mol. The van der Waals surface area contributed by atoms with Gasteiger partial charge in [-0.3, -0.25) is 0 Å². The molecule has 0 amide bonds. The van der Waals surface area contributed by atoms with Crippen molar-refractivity contribution in [1.29, 1.82) is 0 Å². The lowest BCUT2D eigenvalue weighted by Gasteiger charge is -1.96. The molecule has 3 rings (SSSR count). The highest BCUT2D eigenvalue weighted by atomic mass is 79.9. The van der Waals surface area contributed by atoms with Crippen molar-refractivity contribution in [3.63, 3.8) is 0 Å². The van der Waals surface area contributed by atoms with Crippen molar-refractivity contribution < 1.29 is 0 Å². The molecule has 116 valence electrons. The van der Waals surface area contributed by atoms with Gasteiger partial charge >= 0.3 is 0 Å². The molecule has 23 heavy (non-hydrogen) atoms. The summed E-state index contributed by atoms with van der Waals surface area (Å²) >= 11 is 3.42. The first-order chi connectivity index (χ1) is 11.0. The zero-order valence-electron chi connectivity index (χ0n) is 12.0. The number of imidazole rings is 1. The van der Waals surface area contributed by atoms with Gasteiger partial charge in [0.15, 0.2) is 5.96 Å². The zero-order valence-corrected chi connectivity index (χ0v) is 13.6. The van der Waals surface area contributed by atoms with E-state index in [2.05, 4.69) is 35.9 Å². The van der Waals surface area contributed by atoms with Crippen LogP contribution in [0.15, 0.2) is 56.9 Å². The van der Waals surface area contributed by atoms with Gasteiger partial charge in [0.1, 0.15) is 5.82 Å². The molecule has 0 saturated heterocycles. The molecule has 0 fully saturated rings. The van der Waals surface area contributed by atoms with E-state index >= 15 is 0 Å². The molecule has 0 saturated carbocycles. The minimum atomic E-state index is -0.133. The van der Waals surface area contributed by atoms with Crippen LogP contribution < -0.4 is 17.2 Å². The first kappa shape index (κ1) is 15.0. The fraction of sp³-hybridized carbons (Fsp3) is 0. The van der Waals surface area contributed by atoms with Crippen molar-refractivity contribution in [3.05, 3.63) is 46.9 Å². The summed E-state index contributed by atoms with van der Waals surface area (Å²) < 4.78 is 1.02. The maximum Gasteiger partial charge on any atom is 0.223 e. The molecule has 0 unspecified atom stereocenters. The molecule has 1 aromatic heterocycles. The van der Waals surface area contributed by atoms with Crippen molar-refractivity contribution in [1.82, 2.24) is 9.97 Å². The smallest absolute Gasteiger partial charge is 0.223 e. The van der Waals surface area contributed by atoms with Gasteiger partial charge in [0.05, 0.1) is 16.7 Å². The minimum absolute atomic E-state index is 0.00278. The summed E-state index contributed by atoms with van der Waals surface area (Å²) in [4.78, 5) is 15.6. The number of benzene rings is 2. The number of nitrogens with zero attached hydrogens (tertiary/aromatic N) is 3. The molecule has 2 aromatic carbocycles. The fourth-order valence-electron chi connectivity index (χ4n) is 2.10. The molecule has 7 N–H and O–H groups in total. The molecule has 3 aromatic rings. The monoisotopic (exact) mass is 371 g/mol. The summed E-state index contributed by atoms with van der Waals surface area (Å²) in [5, 5.41) is 0. The highest BCUT2D eigenvalue weighted by molar-refractivity contribution is 9.10. The first-order valence-corrected chi connectivity index (χ1v) is 7.50. The third kappa shape index (κ3) is 3.49. The molecule has 7 nitrogen and oxygen atoms in total. The van der Waals surface area contributed by atoms with Crippen LogP contribution in [0.25, 0.3) is 22.4 Å². The SMILES string of the molecule is NC(N)=NC(N)=Nc1ccc2nc(-c3ccc(Br)cc3)[nH]c2c1. The number of H-pyrrole nitrogens is 1. The number of nitrogens with one attached hydrogen (secondary N) is 1. The Hall–Kier alpha value is -2.87. The highest BCUT2D eigenvalue weighted by Crippen LogP contribution is 2.25. The van der Waals surface area contributed by atoms with Gasteiger partial charge in [0, 0.05) is 10.0 Å². The van der Waals surface area contributed by atoms with E-state index in [9.17, 15) is 0 Å². The van der Waals surface area contributed by atoms with Crippen molar-refractivity contribution in [2.24, 2.45) is 27.2 Å². The molecule has 0 aliphatic heterocycles. The number of hydrogen-bond donors (Lipinski definition) is 4. The standard InChI is InChI=1S/C15H14BrN7/c16-9-3-1-8(2-4-9)13-21-11-6-5-10(7-12(11)22-13)20-15(19)23-14(17)18/h1-7H,(H,21,22)(H6,17,18,19,20,23). The number of nitrogens with two attached hydrogens (primary N) is 3. The van der Waals surface area contributed by atoms with Gasteiger partial charge in [-0.15, -0.1) is 0 Å². The van der Waals surface area contributed by atoms with Crippen molar-refractivity contribution in [3.8, 4) is 11.4 Å². The number of fused-ring (bicyclic) bond motifs is 1. The Morgan fingerprint density at radius 2 is 1.78 bits per heavy atom. The second-order valence-electron chi connectivity index (χ2n) is 4.80. The van der Waals surface area contributed by atoms with Crippen LogP contribution in [0.5, 0.6) is 0 Å². The number of halogens is 1. The lowest BCUT2D eigenvalue weighted by molar-refractivity contribution is 1.33. The predicted octanol–water partition coefficient (Wildman–Crippen LogP) is 2.21. The molecule has 0 spiro atoms. The van der Waals surface area contributed by atoms with Gasteiger partial charge in [-0.2, -0.15) is 4.99 Å². The second-order valence-corrected chi connectivity index (χ2v) is 5.72. The number of guanidine groups is 2. The van der Waals surface area contributed by atoms with Gasteiger partial charge in [-0.1, -0.05) is 28.1 Å². The van der Waals surface area contributed by atoms with Crippen LogP contribution in [-0.4, -0.2) is 21.9 Å². The van der Waals surface area contributed by atoms with Crippen molar-refractivity contribution in [2.45, 2.75) is 0 Å². The van der Waals surface area contributed by atoms with Gasteiger partial charge < -0.3 is 22.2 Å². The Morgan fingerprint density at radius 1 is 1.04 bits per heavy atom. The zero-order chi connectivity index (χ0) is 16.4. The summed E-state index contributed by atoms with van der Waals surface area (Å²) in [6, 6.07) is 13.4. The largest absolute Gasteiger partial charge is 0.370 e. The van der Waals surface area contributed by atoms with E-state index < -0.39 is 0 Å². The Labute approximate surface area is 140 Å². The summed E-state index contributed by atoms with van der Waals surface area (Å²) in [7, 11) is 0. The number of hydrogen-bond acceptors (Lipinski definition) is 2. The third-order valence-corrected chi connectivity index (χ3v) is 3.60. The molecule has 1 heterocycles. The molecular formula is C15H14BrN7. The Morgan fingerprint density at radius 3 is 2.48 bits per heavy atom. The summed E-state index contributed by atoms with van der Waals surface area (Å²) in [5.74, 6) is 0.647. The minimum Gasteiger partial charge on any atom is -0.370 e. The van der Waals surface area contributed by atoms with Crippen LogP contribution in [0.3, 0.4) is 0 Å². The lowest BCUT2D eigenvalue weighted by Crippen LogP contribution is -2.26. The Bertz CT molecular complexity index is 905. The van der Waals surface area contributed by atoms with Gasteiger partial charge in [0.2, 0.25) is 5.96 Å². The maximum atomic E-state index is 5.63. The van der Waals surface area contributed by atoms with Crippen molar-refractivity contribution >= 4 is 44.6 Å². The number of rotatable bonds is 2. The molecule has 0 atom stereocenters. The molecule has 0 aliphatic rings. The Balaban J connectivity index is 1.98. The average molecular weight is 372 g/mol. The van der Waals surface area contributed by atoms with E-state index in [1.165, 1.54) is 0 Å². The summed E-state index contributed by atoms with van der Waals surface area (Å²) in [5.41, 5.74) is 19.5. The second kappa shape index (κ2) is 6.09. The number of aromatic amines is 1. The van der Waals surface area contributed by atoms with Crippen LogP contribution in [-0.2, 0) is 0 Å². The maximum absolute atomic E-state index is 5.63. The van der Waals surface area contributed by atoms with Gasteiger partial charge in [0.25, 0.3) is 0 Å². The number of aromatic nitrogens is 2. The number of aliphatic imine (C=N–C) groups is 2. The quantitative estimate of drug-likeness (QED) is 0.406. The molecule has 8 heteroatoms. The van der Waals surface area contributed by atoms with Gasteiger partial charge in [-0.25, -0.2) is 9.98 Å². The van der Waals surface area contributed by atoms with E-state index in [1.807, 2.05) is 36.4 Å². The van der Waals surface area contributed by atoms with E-state index in [4.69, 9.17) is 17.2 Å². The summed E-state index contributed by atoms with van der Waals surface area (Å²) in [6.45, 7) is 0. The highest BCUT2D eigenvalue weighted by Gasteiger charge is 2.06. The van der Waals surface area contributed by atoms with E-state index in [-0.39, 0.29) is 11.9 Å². The van der Waals surface area contributed by atoms with Crippen LogP contribution in [0.4, 0.5) is 5.69 Å². The topological polar surface area (TPSA) is 131 Å². The average Bonchev–Trinajstić information content (AvgIpc) is 2.90. The Kier molecular flexibility index (Phi) is 3.98. The van der Waals surface area contributed by atoms with E-state index in [0.29, 0.717) is 5.69 Å². The third-order valence-electron chi connectivity index (χ3n) is 3.07. The van der Waals surface area contributed by atoms with Crippen molar-refractivity contribution in [2.75, 3.05) is 0 Å². The van der Waals surface area contributed by atoms with Crippen LogP contribution in [0.1, 0.15) is 0 Å². The van der Waals surface area contributed by atoms with E-state index in [0.717, 1.165) is 26.9 Å². The molecule has 0 radical (unpaired) electrons. The van der Waals surface area contributed by atoms with Gasteiger partial charge in [-0.05, 0) is 30.3 Å². The fourth-order valence-corrected chi connectivity index (χ4v) is 2.37. The van der Waals surface area contributed by atoms with Crippen LogP contribution in [0, 0.1) is 0 Å². The summed E-state index contributed by atoms with van der Waals surface area (Å²) in [6.07, 6.45) is 0. The molecule has 0 aliphatic carbocycles. The lowest BCUT2D eigenvalue weighted by atomic mass is 10.2. The van der Waals surface area contributed by atoms with E-state index in [1.54, 1.807) is 6.07 Å². The molecule has 0 bridgehead atoms. The van der Waals surface area contributed by atoms with Crippen LogP contribution in [0.2, 0.25) is 0 Å². The first-order valence-electron chi connectivity index (χ1n) is 6.71. The van der Waals surface area contributed by atoms with Crippen LogP contribution >= 0.6 is 15.9 Å².